The Balaban J connectivity index is 1.82. The molecule has 19 heavy (non-hydrogen) atoms. The van der Waals surface area contributed by atoms with Gasteiger partial charge >= 0.3 is 0 Å². The summed E-state index contributed by atoms with van der Waals surface area (Å²) in [7, 11) is 0. The van der Waals surface area contributed by atoms with E-state index < -0.39 is 0 Å². The third kappa shape index (κ3) is 2.83. The minimum absolute atomic E-state index is 0.182. The summed E-state index contributed by atoms with van der Waals surface area (Å²) in [4.78, 5) is 0. The first-order valence-corrected chi connectivity index (χ1v) is 7.90. The van der Waals surface area contributed by atoms with Crippen molar-refractivity contribution in [2.75, 3.05) is 19.0 Å². The summed E-state index contributed by atoms with van der Waals surface area (Å²) in [6, 6.07) is 6.32. The lowest BCUT2D eigenvalue weighted by Crippen LogP contribution is -2.36. The summed E-state index contributed by atoms with van der Waals surface area (Å²) in [6.45, 7) is 1.25. The molecule has 2 aliphatic heterocycles. The van der Waals surface area contributed by atoms with E-state index in [-0.39, 0.29) is 6.04 Å². The molecule has 0 bridgehead atoms. The number of rotatable bonds is 3. The number of hydrogen-bond acceptors (Lipinski definition) is 5. The van der Waals surface area contributed by atoms with Gasteiger partial charge in [-0.05, 0) is 36.3 Å². The average Bonchev–Trinajstić information content (AvgIpc) is 2.49. The maximum Gasteiger partial charge on any atom is 0.161 e. The number of thioether (sulfide) groups is 1. The number of ether oxygens (including phenoxy) is 2. The monoisotopic (exact) mass is 280 g/mol. The average molecular weight is 280 g/mol. The third-order valence-electron chi connectivity index (χ3n) is 3.69. The van der Waals surface area contributed by atoms with Crippen molar-refractivity contribution in [3.63, 3.8) is 0 Å². The third-order valence-corrected chi connectivity index (χ3v) is 5.15. The minimum Gasteiger partial charge on any atom is -0.486 e. The van der Waals surface area contributed by atoms with Crippen molar-refractivity contribution < 1.29 is 9.47 Å². The fourth-order valence-corrected chi connectivity index (χ4v) is 4.14. The van der Waals surface area contributed by atoms with Crippen LogP contribution in [-0.2, 0) is 0 Å². The molecular weight excluding hydrogens is 260 g/mol. The van der Waals surface area contributed by atoms with Crippen LogP contribution in [0.2, 0.25) is 0 Å². The van der Waals surface area contributed by atoms with Gasteiger partial charge in [0, 0.05) is 5.25 Å². The zero-order valence-corrected chi connectivity index (χ0v) is 11.7. The second-order valence-electron chi connectivity index (χ2n) is 4.95. The fraction of sp³-hybridized carbons (Fsp3) is 0.571. The molecule has 3 rings (SSSR count). The summed E-state index contributed by atoms with van der Waals surface area (Å²) >= 11 is 2.01. The Morgan fingerprint density at radius 3 is 2.79 bits per heavy atom. The van der Waals surface area contributed by atoms with Crippen molar-refractivity contribution in [1.29, 1.82) is 0 Å². The maximum absolute atomic E-state index is 5.78. The van der Waals surface area contributed by atoms with E-state index >= 15 is 0 Å². The van der Waals surface area contributed by atoms with Gasteiger partial charge in [0.2, 0.25) is 0 Å². The van der Waals surface area contributed by atoms with E-state index in [0.29, 0.717) is 18.5 Å². The van der Waals surface area contributed by atoms with Gasteiger partial charge in [0.1, 0.15) is 13.2 Å². The number of benzene rings is 1. The lowest BCUT2D eigenvalue weighted by atomic mass is 9.99. The van der Waals surface area contributed by atoms with Crippen LogP contribution in [0.25, 0.3) is 0 Å². The molecule has 2 unspecified atom stereocenters. The number of fused-ring (bicyclic) bond motifs is 1. The Bertz CT molecular complexity index is 435. The van der Waals surface area contributed by atoms with Crippen molar-refractivity contribution in [1.82, 2.24) is 5.43 Å². The number of nitrogens with two attached hydrogens (primary N) is 1. The molecule has 4 nitrogen and oxygen atoms in total. The number of hydrazine groups is 1. The van der Waals surface area contributed by atoms with Gasteiger partial charge in [-0.25, -0.2) is 0 Å². The van der Waals surface area contributed by atoms with Crippen molar-refractivity contribution in [3.8, 4) is 11.5 Å². The summed E-state index contributed by atoms with van der Waals surface area (Å²) in [6.07, 6.45) is 3.83. The van der Waals surface area contributed by atoms with E-state index in [2.05, 4.69) is 17.6 Å². The Morgan fingerprint density at radius 1 is 1.21 bits per heavy atom. The summed E-state index contributed by atoms with van der Waals surface area (Å²) in [5, 5.41) is 0.543. The van der Waals surface area contributed by atoms with Gasteiger partial charge in [-0.2, -0.15) is 11.8 Å². The molecule has 2 heterocycles. The lowest BCUT2D eigenvalue weighted by Gasteiger charge is -2.30. The molecule has 0 radical (unpaired) electrons. The highest BCUT2D eigenvalue weighted by atomic mass is 32.2. The first-order valence-electron chi connectivity index (χ1n) is 6.86. The van der Waals surface area contributed by atoms with Crippen molar-refractivity contribution in [3.05, 3.63) is 23.8 Å². The van der Waals surface area contributed by atoms with Crippen molar-refractivity contribution in [2.45, 2.75) is 30.6 Å². The predicted molar refractivity (Wildman–Crippen MR) is 77.6 cm³/mol. The van der Waals surface area contributed by atoms with Crippen LogP contribution >= 0.6 is 11.8 Å². The van der Waals surface area contributed by atoms with Gasteiger partial charge in [0.15, 0.2) is 11.5 Å². The molecule has 2 aliphatic rings. The SMILES string of the molecule is NNC(c1ccc2c(c1)OCCO2)C1CCCCS1. The van der Waals surface area contributed by atoms with Gasteiger partial charge in [-0.1, -0.05) is 12.5 Å². The summed E-state index contributed by atoms with van der Waals surface area (Å²) in [5.74, 6) is 8.68. The van der Waals surface area contributed by atoms with E-state index in [1.165, 1.54) is 30.6 Å². The molecule has 3 N–H and O–H groups in total. The standard InChI is InChI=1S/C14H20N2O2S/c15-16-14(13-3-1-2-8-19-13)10-4-5-11-12(9-10)18-7-6-17-11/h4-5,9,13-14,16H,1-3,6-8,15H2. The van der Waals surface area contributed by atoms with Crippen LogP contribution in [0.3, 0.4) is 0 Å². The topological polar surface area (TPSA) is 56.5 Å². The molecule has 104 valence electrons. The van der Waals surface area contributed by atoms with Crippen molar-refractivity contribution in [2.24, 2.45) is 5.84 Å². The van der Waals surface area contributed by atoms with E-state index in [9.17, 15) is 0 Å². The highest BCUT2D eigenvalue weighted by molar-refractivity contribution is 8.00. The van der Waals surface area contributed by atoms with Crippen LogP contribution in [0, 0.1) is 0 Å². The highest BCUT2D eigenvalue weighted by Crippen LogP contribution is 2.38. The number of hydrogen-bond donors (Lipinski definition) is 2. The smallest absolute Gasteiger partial charge is 0.161 e. The molecule has 5 heteroatoms. The minimum atomic E-state index is 0.182. The second-order valence-corrected chi connectivity index (χ2v) is 6.30. The fourth-order valence-electron chi connectivity index (χ4n) is 2.70. The molecule has 2 atom stereocenters. The Labute approximate surface area is 118 Å². The van der Waals surface area contributed by atoms with Crippen LogP contribution in [0.15, 0.2) is 18.2 Å². The molecule has 1 aromatic carbocycles. The normalized spacial score (nSPS) is 23.9. The largest absolute Gasteiger partial charge is 0.486 e. The van der Waals surface area contributed by atoms with Gasteiger partial charge in [0.05, 0.1) is 6.04 Å². The number of nitrogens with one attached hydrogen (secondary N) is 1. The Kier molecular flexibility index (Phi) is 4.15. The maximum atomic E-state index is 5.78. The predicted octanol–water partition coefficient (Wildman–Crippen LogP) is 2.25. The van der Waals surface area contributed by atoms with Crippen LogP contribution in [0.4, 0.5) is 0 Å². The zero-order chi connectivity index (χ0) is 13.1. The molecule has 1 fully saturated rings. The van der Waals surface area contributed by atoms with E-state index in [1.54, 1.807) is 0 Å². The first kappa shape index (κ1) is 13.1. The summed E-state index contributed by atoms with van der Waals surface area (Å²) < 4.78 is 11.2. The lowest BCUT2D eigenvalue weighted by molar-refractivity contribution is 0.171. The molecule has 0 saturated carbocycles. The highest BCUT2D eigenvalue weighted by Gasteiger charge is 2.26. The van der Waals surface area contributed by atoms with Gasteiger partial charge in [-0.15, -0.1) is 0 Å². The quantitative estimate of drug-likeness (QED) is 0.657. The molecule has 0 aromatic heterocycles. The van der Waals surface area contributed by atoms with Gasteiger partial charge in [0.25, 0.3) is 0 Å². The zero-order valence-electron chi connectivity index (χ0n) is 10.9. The van der Waals surface area contributed by atoms with E-state index in [1.807, 2.05) is 17.8 Å². The van der Waals surface area contributed by atoms with Crippen molar-refractivity contribution >= 4 is 11.8 Å². The van der Waals surface area contributed by atoms with Crippen LogP contribution < -0.4 is 20.7 Å². The van der Waals surface area contributed by atoms with Crippen LogP contribution in [0.5, 0.6) is 11.5 Å². The van der Waals surface area contributed by atoms with Crippen LogP contribution in [0.1, 0.15) is 30.9 Å². The molecule has 0 amide bonds. The Hall–Kier alpha value is -0.910. The van der Waals surface area contributed by atoms with E-state index in [0.717, 1.165) is 11.5 Å². The molecule has 0 spiro atoms. The molecule has 1 aromatic rings. The van der Waals surface area contributed by atoms with Gasteiger partial charge in [-0.3, -0.25) is 11.3 Å². The molecule has 1 saturated heterocycles. The molecular formula is C14H20N2O2S. The summed E-state index contributed by atoms with van der Waals surface area (Å²) in [5.41, 5.74) is 4.16. The van der Waals surface area contributed by atoms with Gasteiger partial charge < -0.3 is 9.47 Å². The Morgan fingerprint density at radius 2 is 2.05 bits per heavy atom. The second kappa shape index (κ2) is 6.03. The van der Waals surface area contributed by atoms with Crippen LogP contribution in [-0.4, -0.2) is 24.2 Å². The first-order chi connectivity index (χ1) is 9.38. The molecule has 0 aliphatic carbocycles. The van der Waals surface area contributed by atoms with E-state index in [4.69, 9.17) is 15.3 Å².